The molecule has 0 unspecified atom stereocenters. The maximum absolute atomic E-state index is 12.0. The van der Waals surface area contributed by atoms with Crippen molar-refractivity contribution >= 4 is 21.7 Å². The lowest BCUT2D eigenvalue weighted by Crippen LogP contribution is -2.28. The van der Waals surface area contributed by atoms with Crippen LogP contribution in [0.4, 0.5) is 5.69 Å². The molecule has 0 fully saturated rings. The molecule has 7 heteroatoms. The van der Waals surface area contributed by atoms with E-state index in [2.05, 4.69) is 22.0 Å². The van der Waals surface area contributed by atoms with E-state index in [1.54, 1.807) is 0 Å². The number of aliphatic imine (C=N–C) groups is 1. The van der Waals surface area contributed by atoms with Crippen molar-refractivity contribution in [2.75, 3.05) is 17.6 Å². The Hall–Kier alpha value is -2.38. The number of hydrogen-bond donors (Lipinski definition) is 3. The highest BCUT2D eigenvalue weighted by Crippen LogP contribution is 2.09. The van der Waals surface area contributed by atoms with Gasteiger partial charge >= 0.3 is 0 Å². The van der Waals surface area contributed by atoms with E-state index in [1.807, 2.05) is 54.6 Å². The number of anilines is 1. The molecule has 0 spiro atoms. The molecule has 0 heterocycles. The van der Waals surface area contributed by atoms with Crippen LogP contribution in [0.2, 0.25) is 0 Å². The van der Waals surface area contributed by atoms with Crippen LogP contribution in [-0.4, -0.2) is 26.7 Å². The Labute approximate surface area is 149 Å². The maximum atomic E-state index is 12.0. The molecule has 0 bridgehead atoms. The van der Waals surface area contributed by atoms with Crippen LogP contribution in [-0.2, 0) is 23.0 Å². The fourth-order valence-electron chi connectivity index (χ4n) is 2.16. The van der Waals surface area contributed by atoms with Gasteiger partial charge in [-0.15, -0.1) is 0 Å². The van der Waals surface area contributed by atoms with Gasteiger partial charge in [0.25, 0.3) is 0 Å². The number of benzene rings is 2. The molecule has 0 radical (unpaired) electrons. The summed E-state index contributed by atoms with van der Waals surface area (Å²) in [6.45, 7) is 2.45. The Balaban J connectivity index is 1.79. The summed E-state index contributed by atoms with van der Waals surface area (Å²) in [5.41, 5.74) is 8.76. The van der Waals surface area contributed by atoms with Crippen molar-refractivity contribution < 1.29 is 8.42 Å². The highest BCUT2D eigenvalue weighted by Gasteiger charge is 2.09. The first-order chi connectivity index (χ1) is 12.0. The van der Waals surface area contributed by atoms with Crippen molar-refractivity contribution in [2.24, 2.45) is 10.7 Å². The minimum Gasteiger partial charge on any atom is -0.370 e. The average molecular weight is 360 g/mol. The van der Waals surface area contributed by atoms with E-state index in [4.69, 9.17) is 5.73 Å². The lowest BCUT2D eigenvalue weighted by molar-refractivity contribution is 0.581. The molecular weight excluding hydrogens is 336 g/mol. The lowest BCUT2D eigenvalue weighted by atomic mass is 10.1. The molecule has 0 aromatic heterocycles. The van der Waals surface area contributed by atoms with E-state index in [0.717, 1.165) is 17.7 Å². The molecule has 2 aromatic rings. The summed E-state index contributed by atoms with van der Waals surface area (Å²) in [6, 6.07) is 17.2. The van der Waals surface area contributed by atoms with Crippen molar-refractivity contribution in [3.63, 3.8) is 0 Å². The molecule has 0 aliphatic carbocycles. The predicted octanol–water partition coefficient (Wildman–Crippen LogP) is 2.10. The Morgan fingerprint density at radius 3 is 2.36 bits per heavy atom. The second kappa shape index (κ2) is 9.19. The molecule has 2 aromatic carbocycles. The molecule has 2 rings (SSSR count). The zero-order valence-corrected chi connectivity index (χ0v) is 15.1. The first-order valence-corrected chi connectivity index (χ1v) is 9.81. The molecule has 134 valence electrons. The second-order valence-electron chi connectivity index (χ2n) is 5.57. The van der Waals surface area contributed by atoms with Gasteiger partial charge in [-0.3, -0.25) is 4.99 Å². The highest BCUT2D eigenvalue weighted by atomic mass is 32.2. The Morgan fingerprint density at radius 1 is 1.04 bits per heavy atom. The van der Waals surface area contributed by atoms with Crippen LogP contribution in [0.1, 0.15) is 18.1 Å². The number of guanidine groups is 1. The molecule has 0 aliphatic heterocycles. The zero-order valence-electron chi connectivity index (χ0n) is 14.3. The van der Waals surface area contributed by atoms with E-state index in [-0.39, 0.29) is 24.8 Å². The van der Waals surface area contributed by atoms with Gasteiger partial charge in [0, 0.05) is 12.2 Å². The number of nitrogens with zero attached hydrogens (tertiary/aromatic N) is 1. The molecular formula is C18H24N4O2S. The first-order valence-electron chi connectivity index (χ1n) is 8.15. The quantitative estimate of drug-likeness (QED) is 0.496. The number of sulfonamides is 1. The summed E-state index contributed by atoms with van der Waals surface area (Å²) < 4.78 is 26.5. The SMILES string of the molecule is CCc1ccc(NC(N)=NCCS(=O)(=O)NCc2ccccc2)cc1. The van der Waals surface area contributed by atoms with Gasteiger partial charge in [-0.05, 0) is 29.7 Å². The van der Waals surface area contributed by atoms with E-state index in [0.29, 0.717) is 0 Å². The van der Waals surface area contributed by atoms with Gasteiger partial charge in [-0.1, -0.05) is 49.4 Å². The molecule has 0 aliphatic rings. The third-order valence-corrected chi connectivity index (χ3v) is 4.92. The van der Waals surface area contributed by atoms with E-state index >= 15 is 0 Å². The van der Waals surface area contributed by atoms with Crippen LogP contribution in [0.5, 0.6) is 0 Å². The smallest absolute Gasteiger partial charge is 0.213 e. The van der Waals surface area contributed by atoms with Crippen molar-refractivity contribution in [1.29, 1.82) is 0 Å². The van der Waals surface area contributed by atoms with Crippen LogP contribution >= 0.6 is 0 Å². The predicted molar refractivity (Wildman–Crippen MR) is 103 cm³/mol. The normalized spacial score (nSPS) is 12.1. The minimum absolute atomic E-state index is 0.0933. The van der Waals surface area contributed by atoms with Crippen LogP contribution < -0.4 is 15.8 Å². The monoisotopic (exact) mass is 360 g/mol. The van der Waals surface area contributed by atoms with Crippen LogP contribution in [0, 0.1) is 0 Å². The van der Waals surface area contributed by atoms with Crippen LogP contribution in [0.25, 0.3) is 0 Å². The molecule has 25 heavy (non-hydrogen) atoms. The largest absolute Gasteiger partial charge is 0.370 e. The fraction of sp³-hybridized carbons (Fsp3) is 0.278. The van der Waals surface area contributed by atoms with Crippen molar-refractivity contribution in [3.05, 3.63) is 65.7 Å². The van der Waals surface area contributed by atoms with Gasteiger partial charge in [-0.2, -0.15) is 0 Å². The summed E-state index contributed by atoms with van der Waals surface area (Å²) in [5, 5.41) is 2.95. The van der Waals surface area contributed by atoms with Gasteiger partial charge in [0.2, 0.25) is 10.0 Å². The summed E-state index contributed by atoms with van der Waals surface area (Å²) in [4.78, 5) is 4.07. The Kier molecular flexibility index (Phi) is 6.97. The number of rotatable bonds is 8. The van der Waals surface area contributed by atoms with E-state index in [1.165, 1.54) is 5.56 Å². The number of nitrogens with one attached hydrogen (secondary N) is 2. The van der Waals surface area contributed by atoms with Crippen LogP contribution in [0.3, 0.4) is 0 Å². The molecule has 0 saturated carbocycles. The standard InChI is InChI=1S/C18H24N4O2S/c1-2-15-8-10-17(11-9-15)22-18(19)20-12-13-25(23,24)21-14-16-6-4-3-5-7-16/h3-11,21H,2,12-14H2,1H3,(H3,19,20,22). The van der Waals surface area contributed by atoms with Crippen molar-refractivity contribution in [3.8, 4) is 0 Å². The fourth-order valence-corrected chi connectivity index (χ4v) is 3.02. The number of aryl methyl sites for hydroxylation is 1. The van der Waals surface area contributed by atoms with E-state index in [9.17, 15) is 8.42 Å². The summed E-state index contributed by atoms with van der Waals surface area (Å²) in [6.07, 6.45) is 0.970. The summed E-state index contributed by atoms with van der Waals surface area (Å²) in [5.74, 6) is 0.0827. The van der Waals surface area contributed by atoms with Gasteiger partial charge in [-0.25, -0.2) is 13.1 Å². The Morgan fingerprint density at radius 2 is 1.72 bits per heavy atom. The third-order valence-electron chi connectivity index (χ3n) is 3.62. The number of nitrogens with two attached hydrogens (primary N) is 1. The van der Waals surface area contributed by atoms with E-state index < -0.39 is 10.0 Å². The van der Waals surface area contributed by atoms with Crippen molar-refractivity contribution in [1.82, 2.24) is 4.72 Å². The maximum Gasteiger partial charge on any atom is 0.213 e. The molecule has 4 N–H and O–H groups in total. The topological polar surface area (TPSA) is 96.6 Å². The summed E-state index contributed by atoms with van der Waals surface area (Å²) in [7, 11) is -3.40. The first kappa shape index (κ1) is 19.0. The lowest BCUT2D eigenvalue weighted by Gasteiger charge is -2.07. The Bertz CT molecular complexity index is 788. The molecule has 6 nitrogen and oxygen atoms in total. The minimum atomic E-state index is -3.40. The number of hydrogen-bond acceptors (Lipinski definition) is 3. The summed E-state index contributed by atoms with van der Waals surface area (Å²) >= 11 is 0. The highest BCUT2D eigenvalue weighted by molar-refractivity contribution is 7.89. The molecule has 0 saturated heterocycles. The zero-order chi connectivity index (χ0) is 18.1. The van der Waals surface area contributed by atoms with Gasteiger partial charge in [0.05, 0.1) is 12.3 Å². The van der Waals surface area contributed by atoms with Gasteiger partial charge in [0.15, 0.2) is 5.96 Å². The average Bonchev–Trinajstić information content (AvgIpc) is 2.61. The molecule has 0 amide bonds. The van der Waals surface area contributed by atoms with Gasteiger partial charge < -0.3 is 11.1 Å². The van der Waals surface area contributed by atoms with Crippen molar-refractivity contribution in [2.45, 2.75) is 19.9 Å². The molecule has 0 atom stereocenters. The van der Waals surface area contributed by atoms with Gasteiger partial charge in [0.1, 0.15) is 0 Å². The second-order valence-corrected chi connectivity index (χ2v) is 7.49. The third kappa shape index (κ3) is 6.94. The van der Waals surface area contributed by atoms with Crippen LogP contribution in [0.15, 0.2) is 59.6 Å².